The number of carbonyl (C=O) groups excluding carboxylic acids is 1. The van der Waals surface area contributed by atoms with E-state index in [1.54, 1.807) is 11.1 Å². The molecular formula is C21H21N5O2. The van der Waals surface area contributed by atoms with Crippen molar-refractivity contribution in [2.75, 3.05) is 18.4 Å². The summed E-state index contributed by atoms with van der Waals surface area (Å²) < 4.78 is 0. The van der Waals surface area contributed by atoms with Gasteiger partial charge in [0.05, 0.1) is 0 Å². The Hall–Kier alpha value is -3.48. The zero-order valence-electron chi connectivity index (χ0n) is 15.4. The summed E-state index contributed by atoms with van der Waals surface area (Å²) in [5.74, 6) is 0.408. The molecule has 2 N–H and O–H groups in total. The highest BCUT2D eigenvalue weighted by Gasteiger charge is 2.23. The van der Waals surface area contributed by atoms with Crippen LogP contribution < -0.4 is 10.7 Å². The van der Waals surface area contributed by atoms with Crippen molar-refractivity contribution in [2.45, 2.75) is 18.9 Å². The number of benzene rings is 1. The number of pyridine rings is 1. The minimum absolute atomic E-state index is 0.00975. The Morgan fingerprint density at radius 3 is 2.89 bits per heavy atom. The number of H-pyrrole nitrogens is 1. The van der Waals surface area contributed by atoms with Crippen molar-refractivity contribution in [1.82, 2.24) is 19.9 Å². The zero-order valence-corrected chi connectivity index (χ0v) is 15.4. The minimum atomic E-state index is -0.127. The van der Waals surface area contributed by atoms with Crippen LogP contribution in [0.3, 0.4) is 0 Å². The summed E-state index contributed by atoms with van der Waals surface area (Å²) in [5, 5.41) is 3.78. The third kappa shape index (κ3) is 3.38. The third-order valence-corrected chi connectivity index (χ3v) is 5.01. The molecule has 0 unspecified atom stereocenters. The number of aromatic amines is 1. The van der Waals surface area contributed by atoms with Crippen LogP contribution in [0.25, 0.3) is 22.2 Å². The summed E-state index contributed by atoms with van der Waals surface area (Å²) in [6.45, 7) is 4.82. The lowest BCUT2D eigenvalue weighted by Gasteiger charge is -2.32. The van der Waals surface area contributed by atoms with Gasteiger partial charge in [-0.25, -0.2) is 9.97 Å². The molecule has 3 aromatic rings. The van der Waals surface area contributed by atoms with Gasteiger partial charge in [0.1, 0.15) is 23.2 Å². The number of anilines is 1. The predicted octanol–water partition coefficient (Wildman–Crippen LogP) is 2.57. The first-order valence-corrected chi connectivity index (χ1v) is 9.27. The molecule has 1 fully saturated rings. The van der Waals surface area contributed by atoms with Crippen LogP contribution in [-0.2, 0) is 4.79 Å². The van der Waals surface area contributed by atoms with Crippen LogP contribution in [0, 0.1) is 0 Å². The zero-order chi connectivity index (χ0) is 19.5. The predicted molar refractivity (Wildman–Crippen MR) is 109 cm³/mol. The van der Waals surface area contributed by atoms with Crippen LogP contribution in [0.1, 0.15) is 12.8 Å². The summed E-state index contributed by atoms with van der Waals surface area (Å²) in [4.78, 5) is 38.5. The van der Waals surface area contributed by atoms with Crippen LogP contribution in [0.15, 0.2) is 60.3 Å². The Bertz CT molecular complexity index is 1080. The van der Waals surface area contributed by atoms with Gasteiger partial charge in [-0.05, 0) is 24.5 Å². The topological polar surface area (TPSA) is 91.0 Å². The van der Waals surface area contributed by atoms with E-state index in [4.69, 9.17) is 0 Å². The van der Waals surface area contributed by atoms with E-state index in [-0.39, 0.29) is 17.4 Å². The van der Waals surface area contributed by atoms with E-state index in [0.29, 0.717) is 35.5 Å². The molecule has 1 saturated heterocycles. The molecule has 1 aliphatic heterocycles. The summed E-state index contributed by atoms with van der Waals surface area (Å²) in [6.07, 6.45) is 6.22. The van der Waals surface area contributed by atoms with E-state index in [0.717, 1.165) is 18.4 Å². The molecule has 7 heteroatoms. The number of carbonyl (C=O) groups is 1. The molecule has 0 bridgehead atoms. The molecule has 0 saturated carbocycles. The fourth-order valence-corrected chi connectivity index (χ4v) is 3.61. The number of amides is 1. The van der Waals surface area contributed by atoms with Crippen molar-refractivity contribution in [3.63, 3.8) is 0 Å². The smallest absolute Gasteiger partial charge is 0.246 e. The molecule has 1 aliphatic rings. The highest BCUT2D eigenvalue weighted by atomic mass is 16.2. The molecule has 1 atom stereocenters. The van der Waals surface area contributed by atoms with Gasteiger partial charge < -0.3 is 15.2 Å². The van der Waals surface area contributed by atoms with Crippen LogP contribution >= 0.6 is 0 Å². The number of piperidine rings is 1. The second-order valence-corrected chi connectivity index (χ2v) is 6.82. The fourth-order valence-electron chi connectivity index (χ4n) is 3.61. The third-order valence-electron chi connectivity index (χ3n) is 5.01. The second kappa shape index (κ2) is 7.64. The lowest BCUT2D eigenvalue weighted by atomic mass is 10.0. The Balaban J connectivity index is 1.70. The minimum Gasteiger partial charge on any atom is -0.365 e. The molecule has 3 heterocycles. The van der Waals surface area contributed by atoms with Gasteiger partial charge in [-0.2, -0.15) is 0 Å². The molecule has 1 aromatic carbocycles. The van der Waals surface area contributed by atoms with E-state index in [2.05, 4.69) is 26.8 Å². The van der Waals surface area contributed by atoms with Gasteiger partial charge in [-0.15, -0.1) is 0 Å². The van der Waals surface area contributed by atoms with Crippen LogP contribution in [0.2, 0.25) is 0 Å². The first kappa shape index (κ1) is 17.9. The highest BCUT2D eigenvalue weighted by Crippen LogP contribution is 2.22. The van der Waals surface area contributed by atoms with Crippen LogP contribution in [-0.4, -0.2) is 44.9 Å². The first-order valence-electron chi connectivity index (χ1n) is 9.27. The van der Waals surface area contributed by atoms with Crippen molar-refractivity contribution >= 4 is 22.8 Å². The normalized spacial score (nSPS) is 16.7. The van der Waals surface area contributed by atoms with E-state index in [1.807, 2.05) is 30.3 Å². The maximum absolute atomic E-state index is 13.2. The summed E-state index contributed by atoms with van der Waals surface area (Å²) in [6, 6.07) is 9.50. The number of aromatic nitrogens is 3. The molecule has 1 amide bonds. The van der Waals surface area contributed by atoms with Gasteiger partial charge in [-0.1, -0.05) is 36.9 Å². The van der Waals surface area contributed by atoms with E-state index in [1.165, 1.54) is 12.4 Å². The van der Waals surface area contributed by atoms with E-state index < -0.39 is 0 Å². The van der Waals surface area contributed by atoms with Crippen LogP contribution in [0.5, 0.6) is 0 Å². The monoisotopic (exact) mass is 375 g/mol. The number of nitrogens with one attached hydrogen (secondary N) is 2. The molecule has 142 valence electrons. The second-order valence-electron chi connectivity index (χ2n) is 6.82. The molecular weight excluding hydrogens is 354 g/mol. The van der Waals surface area contributed by atoms with E-state index >= 15 is 0 Å². The fraction of sp³-hybridized carbons (Fsp3) is 0.238. The lowest BCUT2D eigenvalue weighted by molar-refractivity contribution is -0.127. The average Bonchev–Trinajstić information content (AvgIpc) is 2.74. The number of hydrogen-bond acceptors (Lipinski definition) is 5. The summed E-state index contributed by atoms with van der Waals surface area (Å²) >= 11 is 0. The summed E-state index contributed by atoms with van der Waals surface area (Å²) in [7, 11) is 0. The van der Waals surface area contributed by atoms with Gasteiger partial charge >= 0.3 is 0 Å². The average molecular weight is 375 g/mol. The molecule has 0 spiro atoms. The maximum Gasteiger partial charge on any atom is 0.246 e. The molecule has 0 aliphatic carbocycles. The molecule has 7 nitrogen and oxygen atoms in total. The van der Waals surface area contributed by atoms with Gasteiger partial charge in [0.15, 0.2) is 0 Å². The Kier molecular flexibility index (Phi) is 4.89. The van der Waals surface area contributed by atoms with Crippen molar-refractivity contribution in [1.29, 1.82) is 0 Å². The quantitative estimate of drug-likeness (QED) is 0.684. The van der Waals surface area contributed by atoms with Crippen molar-refractivity contribution in [2.24, 2.45) is 0 Å². The number of fused-ring (bicyclic) bond motifs is 1. The Labute approximate surface area is 162 Å². The Morgan fingerprint density at radius 2 is 2.11 bits per heavy atom. The van der Waals surface area contributed by atoms with Crippen molar-refractivity contribution < 1.29 is 4.79 Å². The number of rotatable bonds is 4. The number of nitrogens with zero attached hydrogens (tertiary/aromatic N) is 3. The SMILES string of the molecule is C=CC(=O)N1CCC[C@@H](Nc2ncnc3[nH]cc(-c4ccccc4)c(=O)c23)C1. The highest BCUT2D eigenvalue weighted by molar-refractivity contribution is 5.90. The van der Waals surface area contributed by atoms with Crippen molar-refractivity contribution in [3.8, 4) is 11.1 Å². The first-order chi connectivity index (χ1) is 13.7. The van der Waals surface area contributed by atoms with Gasteiger partial charge in [0, 0.05) is 30.9 Å². The standard InChI is InChI=1S/C21H21N5O2/c1-2-17(27)26-10-6-9-15(12-26)25-21-18-19(28)16(14-7-4-3-5-8-14)11-22-20(18)23-13-24-21/h2-5,7-8,11,13,15H,1,6,9-10,12H2,(H2,22,23,24,25,28)/t15-/m1/s1. The molecule has 0 radical (unpaired) electrons. The van der Waals surface area contributed by atoms with Gasteiger partial charge in [0.25, 0.3) is 0 Å². The number of hydrogen-bond donors (Lipinski definition) is 2. The van der Waals surface area contributed by atoms with E-state index in [9.17, 15) is 9.59 Å². The molecule has 2 aromatic heterocycles. The number of likely N-dealkylation sites (tertiary alicyclic amines) is 1. The molecule has 28 heavy (non-hydrogen) atoms. The van der Waals surface area contributed by atoms with Gasteiger partial charge in [-0.3, -0.25) is 9.59 Å². The lowest BCUT2D eigenvalue weighted by Crippen LogP contribution is -2.44. The molecule has 4 rings (SSSR count). The van der Waals surface area contributed by atoms with Gasteiger partial charge in [0.2, 0.25) is 11.3 Å². The summed E-state index contributed by atoms with van der Waals surface area (Å²) in [5.41, 5.74) is 1.76. The van der Waals surface area contributed by atoms with Crippen LogP contribution in [0.4, 0.5) is 5.82 Å². The van der Waals surface area contributed by atoms with Crippen molar-refractivity contribution in [3.05, 3.63) is 65.7 Å². The largest absolute Gasteiger partial charge is 0.365 e. The Morgan fingerprint density at radius 1 is 1.29 bits per heavy atom. The maximum atomic E-state index is 13.2.